The van der Waals surface area contributed by atoms with Crippen molar-refractivity contribution >= 4 is 5.97 Å². The van der Waals surface area contributed by atoms with E-state index < -0.39 is 5.97 Å². The lowest BCUT2D eigenvalue weighted by atomic mass is 10.0. The molecule has 3 N–H and O–H groups in total. The molecule has 0 fully saturated rings. The van der Waals surface area contributed by atoms with E-state index >= 15 is 0 Å². The topological polar surface area (TPSA) is 72.5 Å². The Morgan fingerprint density at radius 2 is 2.28 bits per heavy atom. The molecule has 0 spiro atoms. The summed E-state index contributed by atoms with van der Waals surface area (Å²) in [4.78, 5) is 10.5. The number of ether oxygens (including phenoxy) is 1. The minimum Gasteiger partial charge on any atom is -0.489 e. The fraction of sp³-hybridized carbons (Fsp3) is 0.357. The van der Waals surface area contributed by atoms with Gasteiger partial charge in [-0.1, -0.05) is 18.7 Å². The summed E-state index contributed by atoms with van der Waals surface area (Å²) < 4.78 is 5.51. The van der Waals surface area contributed by atoms with Gasteiger partial charge in [0.25, 0.3) is 0 Å². The van der Waals surface area contributed by atoms with Crippen LogP contribution in [0.1, 0.15) is 31.4 Å². The van der Waals surface area contributed by atoms with Crippen molar-refractivity contribution in [1.29, 1.82) is 0 Å². The fourth-order valence-corrected chi connectivity index (χ4v) is 1.49. The number of carbonyl (C=O) groups is 1. The molecule has 0 aliphatic rings. The summed E-state index contributed by atoms with van der Waals surface area (Å²) in [6, 6.07) is 7.13. The number of rotatable bonds is 7. The highest BCUT2D eigenvalue weighted by atomic mass is 16.5. The third-order valence-corrected chi connectivity index (χ3v) is 2.44. The van der Waals surface area contributed by atoms with Gasteiger partial charge in [-0.05, 0) is 36.6 Å². The molecule has 4 heteroatoms. The van der Waals surface area contributed by atoms with Gasteiger partial charge in [0.05, 0.1) is 0 Å². The molecule has 1 aromatic carbocycles. The van der Waals surface area contributed by atoms with E-state index in [4.69, 9.17) is 15.6 Å². The van der Waals surface area contributed by atoms with Crippen LogP contribution in [0.5, 0.6) is 5.75 Å². The van der Waals surface area contributed by atoms with Crippen molar-refractivity contribution in [2.45, 2.75) is 25.8 Å². The molecule has 0 bridgehead atoms. The quantitative estimate of drug-likeness (QED) is 0.728. The molecule has 0 aliphatic heterocycles. The summed E-state index contributed by atoms with van der Waals surface area (Å²) in [7, 11) is 0. The standard InChI is InChI=1S/C14H19NO3/c1-10(2)9-18-12-5-3-4-11(8-12)13(15)6-7-14(16)17/h3-5,8,13H,1,6-7,9,15H2,2H3,(H,16,17). The van der Waals surface area contributed by atoms with Crippen molar-refractivity contribution in [2.75, 3.05) is 6.61 Å². The molecule has 4 nitrogen and oxygen atoms in total. The zero-order chi connectivity index (χ0) is 13.5. The molecule has 1 atom stereocenters. The van der Waals surface area contributed by atoms with Crippen LogP contribution < -0.4 is 10.5 Å². The average molecular weight is 249 g/mol. The molecule has 0 saturated heterocycles. The molecular formula is C14H19NO3. The van der Waals surface area contributed by atoms with Crippen LogP contribution in [-0.2, 0) is 4.79 Å². The molecule has 0 radical (unpaired) electrons. The second-order valence-electron chi connectivity index (χ2n) is 4.36. The number of nitrogens with two attached hydrogens (primary N) is 1. The van der Waals surface area contributed by atoms with Gasteiger partial charge >= 0.3 is 5.97 Å². The Balaban J connectivity index is 2.62. The first kappa shape index (κ1) is 14.3. The zero-order valence-corrected chi connectivity index (χ0v) is 10.6. The summed E-state index contributed by atoms with van der Waals surface area (Å²) in [5.74, 6) is -0.110. The molecule has 98 valence electrons. The monoisotopic (exact) mass is 249 g/mol. The van der Waals surface area contributed by atoms with Crippen LogP contribution in [0.4, 0.5) is 0 Å². The Hall–Kier alpha value is -1.81. The van der Waals surface area contributed by atoms with E-state index in [-0.39, 0.29) is 12.5 Å². The van der Waals surface area contributed by atoms with Gasteiger partial charge in [0.1, 0.15) is 12.4 Å². The third kappa shape index (κ3) is 5.01. The van der Waals surface area contributed by atoms with Gasteiger partial charge in [-0.25, -0.2) is 0 Å². The highest BCUT2D eigenvalue weighted by Gasteiger charge is 2.09. The Bertz CT molecular complexity index is 429. The lowest BCUT2D eigenvalue weighted by Crippen LogP contribution is -2.12. The van der Waals surface area contributed by atoms with Crippen molar-refractivity contribution in [3.8, 4) is 5.75 Å². The smallest absolute Gasteiger partial charge is 0.303 e. The normalized spacial score (nSPS) is 11.9. The SMILES string of the molecule is C=C(C)COc1cccc(C(N)CCC(=O)O)c1. The van der Waals surface area contributed by atoms with Gasteiger partial charge in [0.2, 0.25) is 0 Å². The van der Waals surface area contributed by atoms with Crippen LogP contribution in [0.15, 0.2) is 36.4 Å². The lowest BCUT2D eigenvalue weighted by molar-refractivity contribution is -0.137. The highest BCUT2D eigenvalue weighted by molar-refractivity contribution is 5.66. The summed E-state index contributed by atoms with van der Waals surface area (Å²) in [6.07, 6.45) is 0.483. The maximum absolute atomic E-state index is 10.5. The number of carboxylic acid groups (broad SMARTS) is 1. The molecule has 1 rings (SSSR count). The van der Waals surface area contributed by atoms with Crippen LogP contribution >= 0.6 is 0 Å². The first-order chi connectivity index (χ1) is 8.49. The van der Waals surface area contributed by atoms with Crippen molar-refractivity contribution in [3.05, 3.63) is 42.0 Å². The van der Waals surface area contributed by atoms with Crippen LogP contribution in [0.3, 0.4) is 0 Å². The Kier molecular flexibility index (Phi) is 5.39. The van der Waals surface area contributed by atoms with Crippen LogP contribution in [0.25, 0.3) is 0 Å². The van der Waals surface area contributed by atoms with Crippen molar-refractivity contribution in [1.82, 2.24) is 0 Å². The van der Waals surface area contributed by atoms with Gasteiger partial charge in [-0.2, -0.15) is 0 Å². The Morgan fingerprint density at radius 3 is 2.89 bits per heavy atom. The number of hydrogen-bond acceptors (Lipinski definition) is 3. The van der Waals surface area contributed by atoms with E-state index in [1.165, 1.54) is 0 Å². The summed E-state index contributed by atoms with van der Waals surface area (Å²) >= 11 is 0. The van der Waals surface area contributed by atoms with E-state index in [0.717, 1.165) is 16.9 Å². The van der Waals surface area contributed by atoms with Gasteiger partial charge < -0.3 is 15.6 Å². The van der Waals surface area contributed by atoms with E-state index in [0.29, 0.717) is 13.0 Å². The molecule has 1 unspecified atom stereocenters. The summed E-state index contributed by atoms with van der Waals surface area (Å²) in [6.45, 7) is 6.12. The van der Waals surface area contributed by atoms with Crippen LogP contribution in [0.2, 0.25) is 0 Å². The summed E-state index contributed by atoms with van der Waals surface area (Å²) in [5.41, 5.74) is 7.76. The molecule has 0 amide bonds. The highest BCUT2D eigenvalue weighted by Crippen LogP contribution is 2.21. The Labute approximate surface area is 107 Å². The van der Waals surface area contributed by atoms with Gasteiger partial charge in [0.15, 0.2) is 0 Å². The molecule has 18 heavy (non-hydrogen) atoms. The number of benzene rings is 1. The van der Waals surface area contributed by atoms with Crippen LogP contribution in [-0.4, -0.2) is 17.7 Å². The van der Waals surface area contributed by atoms with E-state index in [2.05, 4.69) is 6.58 Å². The van der Waals surface area contributed by atoms with E-state index in [1.54, 1.807) is 0 Å². The average Bonchev–Trinajstić information content (AvgIpc) is 2.33. The maximum Gasteiger partial charge on any atom is 0.303 e. The largest absolute Gasteiger partial charge is 0.489 e. The number of hydrogen-bond donors (Lipinski definition) is 2. The number of carboxylic acids is 1. The predicted octanol–water partition coefficient (Wildman–Crippen LogP) is 2.51. The van der Waals surface area contributed by atoms with Gasteiger partial charge in [-0.3, -0.25) is 4.79 Å². The molecular weight excluding hydrogens is 230 g/mol. The second kappa shape index (κ2) is 6.81. The van der Waals surface area contributed by atoms with Gasteiger partial charge in [0, 0.05) is 12.5 Å². The lowest BCUT2D eigenvalue weighted by Gasteiger charge is -2.13. The molecule has 0 aliphatic carbocycles. The molecule has 0 aromatic heterocycles. The van der Waals surface area contributed by atoms with Crippen LogP contribution in [0, 0.1) is 0 Å². The van der Waals surface area contributed by atoms with Crippen molar-refractivity contribution in [2.24, 2.45) is 5.73 Å². The number of aliphatic carboxylic acids is 1. The minimum atomic E-state index is -0.833. The zero-order valence-electron chi connectivity index (χ0n) is 10.6. The minimum absolute atomic E-state index is 0.0675. The van der Waals surface area contributed by atoms with E-state index in [1.807, 2.05) is 31.2 Å². The molecule has 0 heterocycles. The Morgan fingerprint density at radius 1 is 1.56 bits per heavy atom. The van der Waals surface area contributed by atoms with Crippen molar-refractivity contribution in [3.63, 3.8) is 0 Å². The molecule has 1 aromatic rings. The second-order valence-corrected chi connectivity index (χ2v) is 4.36. The first-order valence-electron chi connectivity index (χ1n) is 5.83. The fourth-order valence-electron chi connectivity index (χ4n) is 1.49. The van der Waals surface area contributed by atoms with Crippen molar-refractivity contribution < 1.29 is 14.6 Å². The molecule has 0 saturated carbocycles. The summed E-state index contributed by atoms with van der Waals surface area (Å²) in [5, 5.41) is 8.62. The van der Waals surface area contributed by atoms with E-state index in [9.17, 15) is 4.79 Å². The third-order valence-electron chi connectivity index (χ3n) is 2.44. The first-order valence-corrected chi connectivity index (χ1v) is 5.83. The maximum atomic E-state index is 10.5. The van der Waals surface area contributed by atoms with Gasteiger partial charge in [-0.15, -0.1) is 0 Å². The predicted molar refractivity (Wildman–Crippen MR) is 70.5 cm³/mol.